The van der Waals surface area contributed by atoms with Crippen LogP contribution in [0.1, 0.15) is 40.6 Å². The minimum Gasteiger partial charge on any atom is -0.488 e. The van der Waals surface area contributed by atoms with Gasteiger partial charge in [-0.1, -0.05) is 19.1 Å². The molecule has 120 valence electrons. The third-order valence-electron chi connectivity index (χ3n) is 4.81. The van der Waals surface area contributed by atoms with Gasteiger partial charge in [0.2, 0.25) is 0 Å². The average Bonchev–Trinajstić information content (AvgIpc) is 2.98. The minimum atomic E-state index is 0.186. The van der Waals surface area contributed by atoms with Crippen LogP contribution in [0.15, 0.2) is 24.3 Å². The Kier molecular flexibility index (Phi) is 3.64. The summed E-state index contributed by atoms with van der Waals surface area (Å²) in [5.74, 6) is 1.73. The molecule has 2 aliphatic heterocycles. The van der Waals surface area contributed by atoms with Crippen molar-refractivity contribution in [2.45, 2.75) is 33.3 Å². The molecule has 0 aliphatic carbocycles. The molecule has 0 bridgehead atoms. The molecular formula is C19H21NO2S. The Hall–Kier alpha value is -1.81. The van der Waals surface area contributed by atoms with Gasteiger partial charge in [0.05, 0.1) is 4.88 Å². The summed E-state index contributed by atoms with van der Waals surface area (Å²) in [6, 6.07) is 8.18. The maximum Gasteiger partial charge on any atom is 0.263 e. The van der Waals surface area contributed by atoms with Gasteiger partial charge in [-0.05, 0) is 43.4 Å². The fourth-order valence-electron chi connectivity index (χ4n) is 3.59. The van der Waals surface area contributed by atoms with Crippen LogP contribution >= 0.6 is 11.3 Å². The van der Waals surface area contributed by atoms with Crippen molar-refractivity contribution in [1.82, 2.24) is 4.90 Å². The lowest BCUT2D eigenvalue weighted by atomic mass is 10.00. The van der Waals surface area contributed by atoms with Gasteiger partial charge in [-0.2, -0.15) is 0 Å². The molecule has 1 saturated heterocycles. The standard InChI is InChI=1S/C19H21NO2S/c1-12-5-4-8-20(10-12)19(21)16-9-14-11-22-15-7-3-6-13(2)17(15)18(14)23-16/h3,6-7,9,12H,4-5,8,10-11H2,1-2H3. The summed E-state index contributed by atoms with van der Waals surface area (Å²) in [6.07, 6.45) is 2.34. The van der Waals surface area contributed by atoms with E-state index >= 15 is 0 Å². The van der Waals surface area contributed by atoms with E-state index in [1.165, 1.54) is 16.9 Å². The number of likely N-dealkylation sites (tertiary alicyclic amines) is 1. The lowest BCUT2D eigenvalue weighted by Crippen LogP contribution is -2.38. The van der Waals surface area contributed by atoms with Crippen LogP contribution in [-0.4, -0.2) is 23.9 Å². The monoisotopic (exact) mass is 327 g/mol. The van der Waals surface area contributed by atoms with Gasteiger partial charge in [-0.25, -0.2) is 0 Å². The molecule has 0 saturated carbocycles. The number of hydrogen-bond donors (Lipinski definition) is 0. The molecule has 1 fully saturated rings. The lowest BCUT2D eigenvalue weighted by Gasteiger charge is -2.30. The molecule has 1 aromatic heterocycles. The normalized spacial score (nSPS) is 19.7. The smallest absolute Gasteiger partial charge is 0.263 e. The number of thiophene rings is 1. The van der Waals surface area contributed by atoms with Crippen molar-refractivity contribution >= 4 is 17.2 Å². The minimum absolute atomic E-state index is 0.186. The Morgan fingerprint density at radius 1 is 1.39 bits per heavy atom. The van der Waals surface area contributed by atoms with E-state index in [1.807, 2.05) is 23.1 Å². The first-order valence-electron chi connectivity index (χ1n) is 8.28. The van der Waals surface area contributed by atoms with Crippen molar-refractivity contribution in [2.75, 3.05) is 13.1 Å². The van der Waals surface area contributed by atoms with Crippen LogP contribution in [0.5, 0.6) is 5.75 Å². The van der Waals surface area contributed by atoms with Gasteiger partial charge in [-0.15, -0.1) is 11.3 Å². The zero-order valence-corrected chi connectivity index (χ0v) is 14.4. The summed E-state index contributed by atoms with van der Waals surface area (Å²) in [6.45, 7) is 6.66. The van der Waals surface area contributed by atoms with E-state index in [-0.39, 0.29) is 5.91 Å². The molecule has 4 heteroatoms. The topological polar surface area (TPSA) is 29.5 Å². The second-order valence-electron chi connectivity index (χ2n) is 6.70. The summed E-state index contributed by atoms with van der Waals surface area (Å²) in [7, 11) is 0. The van der Waals surface area contributed by atoms with E-state index in [0.717, 1.165) is 41.3 Å². The van der Waals surface area contributed by atoms with E-state index in [2.05, 4.69) is 19.9 Å². The third-order valence-corrected chi connectivity index (χ3v) is 5.99. The zero-order chi connectivity index (χ0) is 16.0. The van der Waals surface area contributed by atoms with Crippen molar-refractivity contribution in [3.63, 3.8) is 0 Å². The Morgan fingerprint density at radius 3 is 3.09 bits per heavy atom. The summed E-state index contributed by atoms with van der Waals surface area (Å²) in [4.78, 5) is 16.9. The summed E-state index contributed by atoms with van der Waals surface area (Å²) in [5.41, 5.74) is 3.51. The Morgan fingerprint density at radius 2 is 2.26 bits per heavy atom. The zero-order valence-electron chi connectivity index (χ0n) is 13.6. The van der Waals surface area contributed by atoms with Crippen LogP contribution in [0.4, 0.5) is 0 Å². The number of fused-ring (bicyclic) bond motifs is 3. The first kappa shape index (κ1) is 14.8. The van der Waals surface area contributed by atoms with Crippen LogP contribution in [0.25, 0.3) is 10.4 Å². The summed E-state index contributed by atoms with van der Waals surface area (Å²) in [5, 5.41) is 0. The number of ether oxygens (including phenoxy) is 1. The van der Waals surface area contributed by atoms with Gasteiger partial charge in [0, 0.05) is 29.1 Å². The molecule has 3 nitrogen and oxygen atoms in total. The number of hydrogen-bond acceptors (Lipinski definition) is 3. The molecule has 23 heavy (non-hydrogen) atoms. The van der Waals surface area contributed by atoms with E-state index in [1.54, 1.807) is 11.3 Å². The Bertz CT molecular complexity index is 765. The van der Waals surface area contributed by atoms with Crippen molar-refractivity contribution in [2.24, 2.45) is 5.92 Å². The highest BCUT2D eigenvalue weighted by Gasteiger charge is 2.27. The molecule has 2 aliphatic rings. The average molecular weight is 327 g/mol. The molecule has 0 spiro atoms. The second-order valence-corrected chi connectivity index (χ2v) is 7.75. The summed E-state index contributed by atoms with van der Waals surface area (Å²) >= 11 is 1.62. The molecule has 1 unspecified atom stereocenters. The molecule has 4 rings (SSSR count). The molecular weight excluding hydrogens is 306 g/mol. The van der Waals surface area contributed by atoms with Crippen molar-refractivity contribution < 1.29 is 9.53 Å². The number of rotatable bonds is 1. The quantitative estimate of drug-likeness (QED) is 0.772. The fourth-order valence-corrected chi connectivity index (χ4v) is 4.84. The van der Waals surface area contributed by atoms with Gasteiger partial charge < -0.3 is 9.64 Å². The van der Waals surface area contributed by atoms with Crippen LogP contribution in [-0.2, 0) is 6.61 Å². The highest BCUT2D eigenvalue weighted by molar-refractivity contribution is 7.17. The number of carbonyl (C=O) groups is 1. The van der Waals surface area contributed by atoms with E-state index in [9.17, 15) is 4.79 Å². The molecule has 0 radical (unpaired) electrons. The maximum absolute atomic E-state index is 12.9. The van der Waals surface area contributed by atoms with Crippen LogP contribution in [0.3, 0.4) is 0 Å². The lowest BCUT2D eigenvalue weighted by molar-refractivity contribution is 0.0688. The van der Waals surface area contributed by atoms with E-state index in [4.69, 9.17) is 4.74 Å². The second kappa shape index (κ2) is 5.68. The Balaban J connectivity index is 1.69. The van der Waals surface area contributed by atoms with Crippen LogP contribution in [0.2, 0.25) is 0 Å². The number of nitrogens with zero attached hydrogens (tertiary/aromatic N) is 1. The van der Waals surface area contributed by atoms with Crippen LogP contribution in [0, 0.1) is 12.8 Å². The van der Waals surface area contributed by atoms with Gasteiger partial charge in [0.25, 0.3) is 5.91 Å². The van der Waals surface area contributed by atoms with Gasteiger partial charge >= 0.3 is 0 Å². The fraction of sp³-hybridized carbons (Fsp3) is 0.421. The first-order valence-corrected chi connectivity index (χ1v) is 9.10. The third kappa shape index (κ3) is 2.55. The molecule has 2 aromatic rings. The molecule has 0 N–H and O–H groups in total. The van der Waals surface area contributed by atoms with Gasteiger partial charge in [-0.3, -0.25) is 4.79 Å². The molecule has 1 atom stereocenters. The largest absolute Gasteiger partial charge is 0.488 e. The Labute approximate surface area is 140 Å². The van der Waals surface area contributed by atoms with Crippen molar-refractivity contribution in [1.29, 1.82) is 0 Å². The molecule has 1 aromatic carbocycles. The SMILES string of the molecule is Cc1cccc2c1-c1sc(C(=O)N3CCCC(C)C3)cc1CO2. The van der Waals surface area contributed by atoms with Gasteiger partial charge in [0.15, 0.2) is 0 Å². The number of benzene rings is 1. The van der Waals surface area contributed by atoms with Gasteiger partial charge in [0.1, 0.15) is 12.4 Å². The van der Waals surface area contributed by atoms with E-state index < -0.39 is 0 Å². The molecule has 3 heterocycles. The number of carbonyl (C=O) groups excluding carboxylic acids is 1. The number of amides is 1. The maximum atomic E-state index is 12.9. The van der Waals surface area contributed by atoms with Crippen molar-refractivity contribution in [3.8, 4) is 16.2 Å². The first-order chi connectivity index (χ1) is 11.1. The van der Waals surface area contributed by atoms with Crippen LogP contribution < -0.4 is 4.74 Å². The van der Waals surface area contributed by atoms with E-state index in [0.29, 0.717) is 12.5 Å². The summed E-state index contributed by atoms with van der Waals surface area (Å²) < 4.78 is 5.87. The predicted molar refractivity (Wildman–Crippen MR) is 93.1 cm³/mol. The predicted octanol–water partition coefficient (Wildman–Crippen LogP) is 4.49. The highest BCUT2D eigenvalue weighted by atomic mass is 32.1. The number of aryl methyl sites for hydroxylation is 1. The highest BCUT2D eigenvalue weighted by Crippen LogP contribution is 2.44. The number of piperidine rings is 1. The van der Waals surface area contributed by atoms with Crippen molar-refractivity contribution in [3.05, 3.63) is 40.3 Å². The molecule has 1 amide bonds.